The van der Waals surface area contributed by atoms with Crippen molar-refractivity contribution in [1.29, 1.82) is 0 Å². The number of ether oxygens (including phenoxy) is 1. The lowest BCUT2D eigenvalue weighted by Gasteiger charge is -2.22. The third kappa shape index (κ3) is 10.2. The molecule has 0 unspecified atom stereocenters. The highest BCUT2D eigenvalue weighted by molar-refractivity contribution is 5.84. The van der Waals surface area contributed by atoms with Gasteiger partial charge in [-0.05, 0) is 32.6 Å². The molecule has 0 atom stereocenters. The molecular formula is C17H34N4O2. The number of guanidine groups is 1. The van der Waals surface area contributed by atoms with Crippen molar-refractivity contribution < 1.29 is 9.53 Å². The molecule has 0 bridgehead atoms. The average Bonchev–Trinajstić information content (AvgIpc) is 2.58. The van der Waals surface area contributed by atoms with E-state index in [4.69, 9.17) is 4.74 Å². The molecule has 0 aromatic carbocycles. The molecule has 3 N–H and O–H groups in total. The first-order valence-corrected chi connectivity index (χ1v) is 9.16. The van der Waals surface area contributed by atoms with Crippen LogP contribution in [0.1, 0.15) is 58.8 Å². The normalized spacial score (nSPS) is 16.2. The zero-order valence-electron chi connectivity index (χ0n) is 14.8. The van der Waals surface area contributed by atoms with E-state index in [2.05, 4.69) is 20.9 Å². The van der Waals surface area contributed by atoms with Crippen molar-refractivity contribution in [3.05, 3.63) is 0 Å². The van der Waals surface area contributed by atoms with E-state index in [1.165, 1.54) is 32.1 Å². The van der Waals surface area contributed by atoms with Gasteiger partial charge < -0.3 is 20.7 Å². The molecule has 6 heteroatoms. The van der Waals surface area contributed by atoms with Crippen molar-refractivity contribution in [2.24, 2.45) is 4.99 Å². The first kappa shape index (κ1) is 19.7. The number of rotatable bonds is 10. The number of carbonyl (C=O) groups is 1. The zero-order valence-corrected chi connectivity index (χ0v) is 14.8. The molecule has 1 aliphatic carbocycles. The van der Waals surface area contributed by atoms with Crippen LogP contribution < -0.4 is 16.0 Å². The van der Waals surface area contributed by atoms with Crippen LogP contribution in [0.25, 0.3) is 0 Å². The van der Waals surface area contributed by atoms with E-state index in [0.717, 1.165) is 32.5 Å². The van der Waals surface area contributed by atoms with Gasteiger partial charge in [0.1, 0.15) is 6.54 Å². The molecule has 0 saturated heterocycles. The Morgan fingerprint density at radius 2 is 1.87 bits per heavy atom. The molecule has 6 nitrogen and oxygen atoms in total. The summed E-state index contributed by atoms with van der Waals surface area (Å²) in [7, 11) is 0. The minimum absolute atomic E-state index is 0.0373. The number of hydrogen-bond donors (Lipinski definition) is 3. The van der Waals surface area contributed by atoms with E-state index in [1.807, 2.05) is 13.8 Å². The van der Waals surface area contributed by atoms with E-state index >= 15 is 0 Å². The summed E-state index contributed by atoms with van der Waals surface area (Å²) in [6.45, 7) is 7.28. The smallest absolute Gasteiger partial charge is 0.241 e. The fraction of sp³-hybridized carbons (Fsp3) is 0.882. The van der Waals surface area contributed by atoms with Gasteiger partial charge in [0, 0.05) is 26.2 Å². The topological polar surface area (TPSA) is 74.8 Å². The molecule has 0 aromatic rings. The summed E-state index contributed by atoms with van der Waals surface area (Å²) in [5.74, 6) is 0.654. The van der Waals surface area contributed by atoms with Gasteiger partial charge in [-0.3, -0.25) is 4.79 Å². The summed E-state index contributed by atoms with van der Waals surface area (Å²) >= 11 is 0. The quantitative estimate of drug-likeness (QED) is 0.325. The maximum atomic E-state index is 11.6. The predicted octanol–water partition coefficient (Wildman–Crippen LogP) is 1.81. The third-order valence-electron chi connectivity index (χ3n) is 3.82. The van der Waals surface area contributed by atoms with Gasteiger partial charge in [-0.25, -0.2) is 4.99 Å². The van der Waals surface area contributed by atoms with E-state index in [1.54, 1.807) is 0 Å². The number of hydrogen-bond acceptors (Lipinski definition) is 3. The SMILES string of the molecule is CCCNC(=O)CN=C(NCC)NCCCOC1CCCCC1. The molecule has 1 fully saturated rings. The second kappa shape index (κ2) is 13.2. The van der Waals surface area contributed by atoms with Crippen molar-refractivity contribution in [3.8, 4) is 0 Å². The van der Waals surface area contributed by atoms with Gasteiger partial charge in [0.2, 0.25) is 5.91 Å². The molecule has 0 radical (unpaired) electrons. The molecule has 1 rings (SSSR count). The van der Waals surface area contributed by atoms with Gasteiger partial charge in [-0.15, -0.1) is 0 Å². The number of nitrogens with one attached hydrogen (secondary N) is 3. The van der Waals surface area contributed by atoms with Gasteiger partial charge in [0.15, 0.2) is 5.96 Å². The second-order valence-corrected chi connectivity index (χ2v) is 5.96. The van der Waals surface area contributed by atoms with Crippen LogP contribution in [0.3, 0.4) is 0 Å². The van der Waals surface area contributed by atoms with Crippen LogP contribution in [0.15, 0.2) is 4.99 Å². The zero-order chi connectivity index (χ0) is 16.8. The predicted molar refractivity (Wildman–Crippen MR) is 94.7 cm³/mol. The molecule has 134 valence electrons. The van der Waals surface area contributed by atoms with E-state index in [0.29, 0.717) is 18.6 Å². The summed E-state index contributed by atoms with van der Waals surface area (Å²) in [6.07, 6.45) is 8.75. The van der Waals surface area contributed by atoms with Gasteiger partial charge in [0.25, 0.3) is 0 Å². The van der Waals surface area contributed by atoms with Gasteiger partial charge in [0.05, 0.1) is 6.10 Å². The van der Waals surface area contributed by atoms with Crippen molar-refractivity contribution in [1.82, 2.24) is 16.0 Å². The lowest BCUT2D eigenvalue weighted by Crippen LogP contribution is -2.39. The lowest BCUT2D eigenvalue weighted by atomic mass is 9.98. The maximum absolute atomic E-state index is 11.6. The Morgan fingerprint density at radius 1 is 1.09 bits per heavy atom. The highest BCUT2D eigenvalue weighted by Crippen LogP contribution is 2.20. The third-order valence-corrected chi connectivity index (χ3v) is 3.82. The number of amides is 1. The Bertz CT molecular complexity index is 341. The Balaban J connectivity index is 2.14. The van der Waals surface area contributed by atoms with Crippen LogP contribution in [0.2, 0.25) is 0 Å². The fourth-order valence-electron chi connectivity index (χ4n) is 2.57. The molecular weight excluding hydrogens is 292 g/mol. The molecule has 23 heavy (non-hydrogen) atoms. The standard InChI is InChI=1S/C17H34N4O2/c1-3-11-19-16(22)14-21-17(18-4-2)20-12-8-13-23-15-9-6-5-7-10-15/h15H,3-14H2,1-2H3,(H,19,22)(H2,18,20,21). The monoisotopic (exact) mass is 326 g/mol. The molecule has 0 aromatic heterocycles. The van der Waals surface area contributed by atoms with Gasteiger partial charge in [-0.1, -0.05) is 26.2 Å². The van der Waals surface area contributed by atoms with Gasteiger partial charge >= 0.3 is 0 Å². The minimum Gasteiger partial charge on any atom is -0.378 e. The highest BCUT2D eigenvalue weighted by Gasteiger charge is 2.12. The summed E-state index contributed by atoms with van der Waals surface area (Å²) in [5, 5.41) is 9.22. The summed E-state index contributed by atoms with van der Waals surface area (Å²) in [5.41, 5.74) is 0. The molecule has 1 saturated carbocycles. The Kier molecular flexibility index (Phi) is 11.3. The van der Waals surface area contributed by atoms with Crippen molar-refractivity contribution in [3.63, 3.8) is 0 Å². The first-order valence-electron chi connectivity index (χ1n) is 9.16. The van der Waals surface area contributed by atoms with E-state index < -0.39 is 0 Å². The summed E-state index contributed by atoms with van der Waals surface area (Å²) < 4.78 is 5.90. The number of nitrogens with zero attached hydrogens (tertiary/aromatic N) is 1. The van der Waals surface area contributed by atoms with Crippen LogP contribution in [0.4, 0.5) is 0 Å². The van der Waals surface area contributed by atoms with E-state index in [9.17, 15) is 4.79 Å². The van der Waals surface area contributed by atoms with E-state index in [-0.39, 0.29) is 12.5 Å². The first-order chi connectivity index (χ1) is 11.3. The van der Waals surface area contributed by atoms with Crippen molar-refractivity contribution in [2.75, 3.05) is 32.8 Å². The molecule has 1 amide bonds. The molecule has 1 aliphatic rings. The second-order valence-electron chi connectivity index (χ2n) is 5.96. The summed E-state index contributed by atoms with van der Waals surface area (Å²) in [6, 6.07) is 0. The van der Waals surface area contributed by atoms with Crippen LogP contribution >= 0.6 is 0 Å². The number of aliphatic imine (C=N–C) groups is 1. The Labute approximate surface area is 140 Å². The highest BCUT2D eigenvalue weighted by atomic mass is 16.5. The Morgan fingerprint density at radius 3 is 2.57 bits per heavy atom. The Hall–Kier alpha value is -1.30. The van der Waals surface area contributed by atoms with Crippen LogP contribution in [0.5, 0.6) is 0 Å². The molecule has 0 aliphatic heterocycles. The van der Waals surface area contributed by atoms with Crippen molar-refractivity contribution in [2.45, 2.75) is 64.9 Å². The van der Waals surface area contributed by atoms with Crippen LogP contribution in [0, 0.1) is 0 Å². The van der Waals surface area contributed by atoms with Crippen LogP contribution in [-0.4, -0.2) is 50.8 Å². The largest absolute Gasteiger partial charge is 0.378 e. The molecule has 0 spiro atoms. The lowest BCUT2D eigenvalue weighted by molar-refractivity contribution is -0.119. The van der Waals surface area contributed by atoms with Crippen molar-refractivity contribution >= 4 is 11.9 Å². The minimum atomic E-state index is -0.0373. The fourth-order valence-corrected chi connectivity index (χ4v) is 2.57. The molecule has 0 heterocycles. The average molecular weight is 326 g/mol. The summed E-state index contributed by atoms with van der Waals surface area (Å²) in [4.78, 5) is 15.9. The van der Waals surface area contributed by atoms with Crippen LogP contribution in [-0.2, 0) is 9.53 Å². The number of carbonyl (C=O) groups excluding carboxylic acids is 1. The maximum Gasteiger partial charge on any atom is 0.241 e. The van der Waals surface area contributed by atoms with Gasteiger partial charge in [-0.2, -0.15) is 0 Å².